The Hall–Kier alpha value is -3.09. The molecule has 1 N–H and O–H groups in total. The summed E-state index contributed by atoms with van der Waals surface area (Å²) in [6, 6.07) is 9.27. The lowest BCUT2D eigenvalue weighted by molar-refractivity contribution is 0.174. The van der Waals surface area contributed by atoms with Crippen molar-refractivity contribution in [2.45, 2.75) is 12.8 Å². The number of aromatic nitrogens is 2. The van der Waals surface area contributed by atoms with Gasteiger partial charge in [0.2, 0.25) is 6.79 Å². The molecule has 0 atom stereocenters. The molecule has 1 aromatic heterocycles. The molecule has 7 heteroatoms. The molecule has 1 fully saturated rings. The van der Waals surface area contributed by atoms with Gasteiger partial charge in [0.25, 0.3) is 0 Å². The molecule has 1 saturated heterocycles. The molecule has 3 heterocycles. The molecule has 0 saturated carbocycles. The van der Waals surface area contributed by atoms with E-state index in [1.54, 1.807) is 23.2 Å². The number of nitrogens with one attached hydrogen (secondary N) is 1. The molecule has 0 bridgehead atoms. The van der Waals surface area contributed by atoms with Crippen LogP contribution in [0.1, 0.15) is 18.4 Å². The highest BCUT2D eigenvalue weighted by molar-refractivity contribution is 5.88. The first-order chi connectivity index (χ1) is 12.3. The fourth-order valence-electron chi connectivity index (χ4n) is 2.94. The van der Waals surface area contributed by atoms with E-state index in [9.17, 15) is 4.79 Å². The van der Waals surface area contributed by atoms with Gasteiger partial charge < -0.3 is 14.4 Å². The van der Waals surface area contributed by atoms with Crippen molar-refractivity contribution >= 4 is 17.9 Å². The quantitative estimate of drug-likeness (QED) is 0.911. The fraction of sp³-hybridized carbons (Fsp3) is 0.278. The molecule has 25 heavy (non-hydrogen) atoms. The van der Waals surface area contributed by atoms with Crippen LogP contribution in [0.4, 0.5) is 10.6 Å². The summed E-state index contributed by atoms with van der Waals surface area (Å²) < 4.78 is 10.7. The van der Waals surface area contributed by atoms with Crippen LogP contribution in [0.25, 0.3) is 6.08 Å². The second-order valence-corrected chi connectivity index (χ2v) is 5.94. The van der Waals surface area contributed by atoms with E-state index in [0.717, 1.165) is 29.9 Å². The van der Waals surface area contributed by atoms with Gasteiger partial charge in [-0.15, -0.1) is 5.10 Å². The summed E-state index contributed by atoms with van der Waals surface area (Å²) in [4.78, 5) is 14.1. The number of rotatable bonds is 2. The van der Waals surface area contributed by atoms with Crippen molar-refractivity contribution in [1.29, 1.82) is 0 Å². The summed E-state index contributed by atoms with van der Waals surface area (Å²) in [5.41, 5.74) is 2.42. The van der Waals surface area contributed by atoms with Crippen molar-refractivity contribution in [3.63, 3.8) is 0 Å². The summed E-state index contributed by atoms with van der Waals surface area (Å²) in [7, 11) is 0. The molecule has 0 radical (unpaired) electrons. The molecule has 7 nitrogen and oxygen atoms in total. The maximum Gasteiger partial charge on any atom is 0.323 e. The number of nitrogens with zero attached hydrogens (tertiary/aromatic N) is 3. The van der Waals surface area contributed by atoms with E-state index in [-0.39, 0.29) is 12.8 Å². The minimum atomic E-state index is -0.136. The highest BCUT2D eigenvalue weighted by atomic mass is 16.7. The monoisotopic (exact) mass is 338 g/mol. The van der Waals surface area contributed by atoms with Gasteiger partial charge in [0, 0.05) is 19.3 Å². The van der Waals surface area contributed by atoms with Gasteiger partial charge in [0.05, 0.1) is 0 Å². The Morgan fingerprint density at radius 3 is 2.80 bits per heavy atom. The zero-order chi connectivity index (χ0) is 17.1. The summed E-state index contributed by atoms with van der Waals surface area (Å²) in [6.07, 6.45) is 5.44. The summed E-state index contributed by atoms with van der Waals surface area (Å²) in [5, 5.41) is 10.4. The standard InChI is InChI=1S/C18H18N4O3/c23-18(20-17-2-1-7-19-21-17)22-8-5-13(6-9-22)10-14-3-4-15-16(11-14)25-12-24-15/h1-4,7,10-11H,5-6,8-9,12H2,(H,20,21,23). The zero-order valence-electron chi connectivity index (χ0n) is 13.6. The SMILES string of the molecule is O=C(Nc1cccnn1)N1CCC(=Cc2ccc3c(c2)OCO3)CC1. The molecule has 2 aromatic rings. The Morgan fingerprint density at radius 2 is 2.00 bits per heavy atom. The van der Waals surface area contributed by atoms with Crippen LogP contribution < -0.4 is 14.8 Å². The summed E-state index contributed by atoms with van der Waals surface area (Å²) in [5.74, 6) is 2.04. The van der Waals surface area contributed by atoms with Crippen molar-refractivity contribution in [3.05, 3.63) is 47.7 Å². The van der Waals surface area contributed by atoms with Gasteiger partial charge in [-0.1, -0.05) is 17.7 Å². The average Bonchev–Trinajstić information content (AvgIpc) is 3.11. The molecule has 1 aromatic carbocycles. The maximum atomic E-state index is 12.3. The van der Waals surface area contributed by atoms with Gasteiger partial charge in [0.1, 0.15) is 0 Å². The number of ether oxygens (including phenoxy) is 2. The van der Waals surface area contributed by atoms with Crippen molar-refractivity contribution < 1.29 is 14.3 Å². The van der Waals surface area contributed by atoms with Crippen LogP contribution in [0.2, 0.25) is 0 Å². The predicted octanol–water partition coefficient (Wildman–Crippen LogP) is 2.92. The first-order valence-electron chi connectivity index (χ1n) is 8.21. The van der Waals surface area contributed by atoms with Crippen LogP contribution in [-0.2, 0) is 0 Å². The van der Waals surface area contributed by atoms with Crippen molar-refractivity contribution in [1.82, 2.24) is 15.1 Å². The van der Waals surface area contributed by atoms with Crippen LogP contribution >= 0.6 is 0 Å². The van der Waals surface area contributed by atoms with E-state index in [2.05, 4.69) is 21.6 Å². The molecule has 2 aliphatic heterocycles. The third-order valence-electron chi connectivity index (χ3n) is 4.27. The van der Waals surface area contributed by atoms with Crippen molar-refractivity contribution in [2.24, 2.45) is 0 Å². The van der Waals surface area contributed by atoms with E-state index in [4.69, 9.17) is 9.47 Å². The Morgan fingerprint density at radius 1 is 1.16 bits per heavy atom. The van der Waals surface area contributed by atoms with Gasteiger partial charge in [-0.3, -0.25) is 5.32 Å². The van der Waals surface area contributed by atoms with Crippen molar-refractivity contribution in [3.8, 4) is 11.5 Å². The van der Waals surface area contributed by atoms with E-state index < -0.39 is 0 Å². The molecule has 0 spiro atoms. The van der Waals surface area contributed by atoms with Crippen LogP contribution in [0.15, 0.2) is 42.1 Å². The normalized spacial score (nSPS) is 15.8. The molecule has 2 aliphatic rings. The summed E-state index contributed by atoms with van der Waals surface area (Å²) >= 11 is 0. The molecule has 0 unspecified atom stereocenters. The van der Waals surface area contributed by atoms with E-state index in [1.807, 2.05) is 18.2 Å². The molecular weight excluding hydrogens is 320 g/mol. The first-order valence-corrected chi connectivity index (χ1v) is 8.21. The van der Waals surface area contributed by atoms with E-state index in [1.165, 1.54) is 5.57 Å². The third kappa shape index (κ3) is 3.55. The third-order valence-corrected chi connectivity index (χ3v) is 4.27. The second kappa shape index (κ2) is 6.80. The van der Waals surface area contributed by atoms with E-state index >= 15 is 0 Å². The largest absolute Gasteiger partial charge is 0.454 e. The Labute approximate surface area is 145 Å². The maximum absolute atomic E-state index is 12.3. The van der Waals surface area contributed by atoms with Gasteiger partial charge in [0.15, 0.2) is 17.3 Å². The number of fused-ring (bicyclic) bond motifs is 1. The van der Waals surface area contributed by atoms with Crippen LogP contribution in [-0.4, -0.2) is 41.0 Å². The van der Waals surface area contributed by atoms with Crippen LogP contribution in [0.5, 0.6) is 11.5 Å². The highest BCUT2D eigenvalue weighted by Crippen LogP contribution is 2.33. The Kier molecular flexibility index (Phi) is 4.20. The lowest BCUT2D eigenvalue weighted by Gasteiger charge is -2.28. The Bertz CT molecular complexity index is 797. The number of carbonyl (C=O) groups is 1. The minimum Gasteiger partial charge on any atom is -0.454 e. The van der Waals surface area contributed by atoms with E-state index in [0.29, 0.717) is 18.9 Å². The lowest BCUT2D eigenvalue weighted by atomic mass is 10.0. The number of anilines is 1. The second-order valence-electron chi connectivity index (χ2n) is 5.94. The fourth-order valence-corrected chi connectivity index (χ4v) is 2.94. The van der Waals surface area contributed by atoms with Gasteiger partial charge in [-0.05, 0) is 42.7 Å². The number of amides is 2. The zero-order valence-corrected chi connectivity index (χ0v) is 13.6. The number of hydrogen-bond acceptors (Lipinski definition) is 5. The van der Waals surface area contributed by atoms with Crippen LogP contribution in [0, 0.1) is 0 Å². The molecule has 128 valence electrons. The number of piperidine rings is 1. The lowest BCUT2D eigenvalue weighted by Crippen LogP contribution is -2.39. The highest BCUT2D eigenvalue weighted by Gasteiger charge is 2.20. The minimum absolute atomic E-state index is 0.136. The smallest absolute Gasteiger partial charge is 0.323 e. The number of benzene rings is 1. The topological polar surface area (TPSA) is 76.6 Å². The van der Waals surface area contributed by atoms with Crippen molar-refractivity contribution in [2.75, 3.05) is 25.2 Å². The summed E-state index contributed by atoms with van der Waals surface area (Å²) in [6.45, 7) is 1.65. The number of carbonyl (C=O) groups excluding carboxylic acids is 1. The molecular formula is C18H18N4O3. The van der Waals surface area contributed by atoms with Gasteiger partial charge in [-0.2, -0.15) is 5.10 Å². The average molecular weight is 338 g/mol. The van der Waals surface area contributed by atoms with Crippen LogP contribution in [0.3, 0.4) is 0 Å². The first kappa shape index (κ1) is 15.4. The molecule has 0 aliphatic carbocycles. The van der Waals surface area contributed by atoms with Gasteiger partial charge >= 0.3 is 6.03 Å². The predicted molar refractivity (Wildman–Crippen MR) is 92.4 cm³/mol. The molecule has 4 rings (SSSR count). The number of urea groups is 1. The number of hydrogen-bond donors (Lipinski definition) is 1. The number of likely N-dealkylation sites (tertiary alicyclic amines) is 1. The van der Waals surface area contributed by atoms with Gasteiger partial charge in [-0.25, -0.2) is 4.79 Å². The molecule has 2 amide bonds. The Balaban J connectivity index is 1.35.